The molecule has 0 unspecified atom stereocenters. The number of carbonyl (C=O) groups excluding carboxylic acids is 2. The largest absolute Gasteiger partial charge is 0.349 e. The maximum Gasteiger partial charge on any atom is 0.255 e. The van der Waals surface area contributed by atoms with Gasteiger partial charge < -0.3 is 10.3 Å². The molecular weight excluding hydrogens is 420 g/mol. The number of thiophene rings is 1. The van der Waals surface area contributed by atoms with Crippen LogP contribution in [0.3, 0.4) is 0 Å². The number of aromatic nitrogens is 3. The topological polar surface area (TPSA) is 87.7 Å². The zero-order chi connectivity index (χ0) is 23.8. The van der Waals surface area contributed by atoms with Gasteiger partial charge in [-0.25, -0.2) is 9.97 Å². The highest BCUT2D eigenvalue weighted by atomic mass is 32.1. The third-order valence-electron chi connectivity index (χ3n) is 6.38. The van der Waals surface area contributed by atoms with Crippen LogP contribution in [0.25, 0.3) is 21.7 Å². The molecule has 2 atom stereocenters. The molecular formula is C25H34N4O2S. The second-order valence-corrected chi connectivity index (χ2v) is 11.9. The minimum Gasteiger partial charge on any atom is -0.349 e. The van der Waals surface area contributed by atoms with Crippen molar-refractivity contribution in [2.45, 2.75) is 67.9 Å². The highest BCUT2D eigenvalue weighted by molar-refractivity contribution is 7.17. The summed E-state index contributed by atoms with van der Waals surface area (Å²) in [6, 6.07) is 3.76. The first-order valence-electron chi connectivity index (χ1n) is 11.1. The number of nitrogens with one attached hydrogen (secondary N) is 2. The molecule has 0 saturated heterocycles. The van der Waals surface area contributed by atoms with Crippen molar-refractivity contribution in [3.8, 4) is 10.6 Å². The van der Waals surface area contributed by atoms with Gasteiger partial charge in [-0.2, -0.15) is 0 Å². The highest BCUT2D eigenvalue weighted by Crippen LogP contribution is 2.33. The highest BCUT2D eigenvalue weighted by Gasteiger charge is 2.25. The lowest BCUT2D eigenvalue weighted by Crippen LogP contribution is -2.41. The van der Waals surface area contributed by atoms with Gasteiger partial charge in [-0.15, -0.1) is 11.3 Å². The van der Waals surface area contributed by atoms with Crippen LogP contribution in [0.2, 0.25) is 0 Å². The molecule has 3 heterocycles. The number of nitrogens with zero attached hydrogens (tertiary/aromatic N) is 2. The van der Waals surface area contributed by atoms with E-state index in [1.54, 1.807) is 12.4 Å². The standard InChI is InChI=1S/C25H34N4O2S/c1-14(24(3,4)5)11-18(30)20-10-9-19(32-20)17-13-27-22-21(29-17)16(12-26-22)23(31)28-15(2)25(6,7)8/h9-10,12-15H,11H2,1-8H3,(H,26,27)(H,28,31)/t14-,15-/m0/s1. The van der Waals surface area contributed by atoms with Gasteiger partial charge in [0.05, 0.1) is 27.2 Å². The van der Waals surface area contributed by atoms with Crippen LogP contribution in [0.4, 0.5) is 0 Å². The lowest BCUT2D eigenvalue weighted by molar-refractivity contribution is 0.0909. The van der Waals surface area contributed by atoms with Gasteiger partial charge in [0.1, 0.15) is 5.52 Å². The molecule has 1 amide bonds. The fraction of sp³-hybridized carbons (Fsp3) is 0.520. The van der Waals surface area contributed by atoms with Crippen molar-refractivity contribution in [1.82, 2.24) is 20.3 Å². The summed E-state index contributed by atoms with van der Waals surface area (Å²) in [5, 5.41) is 3.05. The molecule has 0 aliphatic heterocycles. The summed E-state index contributed by atoms with van der Waals surface area (Å²) in [5.41, 5.74) is 2.25. The summed E-state index contributed by atoms with van der Waals surface area (Å²) in [5.74, 6) is 0.257. The van der Waals surface area contributed by atoms with Crippen LogP contribution in [0, 0.1) is 16.7 Å². The van der Waals surface area contributed by atoms with Gasteiger partial charge in [0.15, 0.2) is 11.4 Å². The van der Waals surface area contributed by atoms with Crippen molar-refractivity contribution in [2.75, 3.05) is 0 Å². The second kappa shape index (κ2) is 8.77. The molecule has 0 spiro atoms. The number of H-pyrrole nitrogens is 1. The molecule has 172 valence electrons. The maximum absolute atomic E-state index is 12.9. The predicted molar refractivity (Wildman–Crippen MR) is 131 cm³/mol. The summed E-state index contributed by atoms with van der Waals surface area (Å²) < 4.78 is 0. The Morgan fingerprint density at radius 2 is 1.78 bits per heavy atom. The van der Waals surface area contributed by atoms with Gasteiger partial charge in [0.2, 0.25) is 0 Å². The van der Waals surface area contributed by atoms with Crippen LogP contribution in [-0.4, -0.2) is 32.7 Å². The number of rotatable bonds is 6. The van der Waals surface area contributed by atoms with Crippen molar-refractivity contribution >= 4 is 34.2 Å². The quantitative estimate of drug-likeness (QED) is 0.440. The first kappa shape index (κ1) is 24.1. The number of aromatic amines is 1. The minimum atomic E-state index is -0.177. The lowest BCUT2D eigenvalue weighted by atomic mass is 9.79. The molecule has 0 aliphatic carbocycles. The van der Waals surface area contributed by atoms with Crippen molar-refractivity contribution in [2.24, 2.45) is 16.7 Å². The Morgan fingerprint density at radius 1 is 1.09 bits per heavy atom. The summed E-state index contributed by atoms with van der Waals surface area (Å²) in [6.45, 7) is 16.8. The van der Waals surface area contributed by atoms with Crippen molar-refractivity contribution < 1.29 is 9.59 Å². The third kappa shape index (κ3) is 5.26. The maximum atomic E-state index is 12.9. The molecule has 3 aromatic heterocycles. The number of hydrogen-bond donors (Lipinski definition) is 2. The van der Waals surface area contributed by atoms with Crippen LogP contribution < -0.4 is 5.32 Å². The Bertz CT molecular complexity index is 1130. The number of fused-ring (bicyclic) bond motifs is 1. The Balaban J connectivity index is 1.84. The van der Waals surface area contributed by atoms with E-state index in [1.807, 2.05) is 19.1 Å². The lowest BCUT2D eigenvalue weighted by Gasteiger charge is -2.27. The van der Waals surface area contributed by atoms with Gasteiger partial charge in [-0.1, -0.05) is 48.5 Å². The second-order valence-electron chi connectivity index (χ2n) is 10.8. The Labute approximate surface area is 194 Å². The van der Waals surface area contributed by atoms with Gasteiger partial charge in [-0.05, 0) is 35.8 Å². The van der Waals surface area contributed by atoms with E-state index in [0.29, 0.717) is 28.8 Å². The third-order valence-corrected chi connectivity index (χ3v) is 7.52. The monoisotopic (exact) mass is 454 g/mol. The Kier molecular flexibility index (Phi) is 6.61. The molecule has 0 saturated carbocycles. The van der Waals surface area contributed by atoms with Gasteiger partial charge in [0, 0.05) is 18.7 Å². The van der Waals surface area contributed by atoms with E-state index in [1.165, 1.54) is 11.3 Å². The molecule has 3 rings (SSSR count). The van der Waals surface area contributed by atoms with E-state index in [4.69, 9.17) is 4.98 Å². The Morgan fingerprint density at radius 3 is 2.41 bits per heavy atom. The van der Waals surface area contributed by atoms with Crippen molar-refractivity contribution in [3.05, 3.63) is 35.0 Å². The molecule has 0 bridgehead atoms. The van der Waals surface area contributed by atoms with E-state index in [0.717, 1.165) is 9.75 Å². The van der Waals surface area contributed by atoms with Crippen molar-refractivity contribution in [3.63, 3.8) is 0 Å². The van der Waals surface area contributed by atoms with Crippen LogP contribution in [0.5, 0.6) is 0 Å². The first-order valence-corrected chi connectivity index (χ1v) is 11.9. The average molecular weight is 455 g/mol. The van der Waals surface area contributed by atoms with E-state index >= 15 is 0 Å². The SMILES string of the molecule is C[C@H](NC(=O)c1c[nH]c2ncc(-c3ccc(C(=O)C[C@H](C)C(C)(C)C)s3)nc12)C(C)(C)C. The van der Waals surface area contributed by atoms with Gasteiger partial charge >= 0.3 is 0 Å². The zero-order valence-electron chi connectivity index (χ0n) is 20.3. The fourth-order valence-corrected chi connectivity index (χ4v) is 3.89. The molecule has 0 aromatic carbocycles. The summed E-state index contributed by atoms with van der Waals surface area (Å²) in [7, 11) is 0. The summed E-state index contributed by atoms with van der Waals surface area (Å²) >= 11 is 1.42. The number of hydrogen-bond acceptors (Lipinski definition) is 5. The Hall–Kier alpha value is -2.54. The number of Topliss-reactive ketones (excluding diaryl/α,β-unsaturated/α-hetero) is 1. The van der Waals surface area contributed by atoms with Crippen LogP contribution in [0.1, 0.15) is 81.8 Å². The smallest absolute Gasteiger partial charge is 0.255 e. The van der Waals surface area contributed by atoms with E-state index in [2.05, 4.69) is 63.8 Å². The van der Waals surface area contributed by atoms with E-state index in [-0.39, 0.29) is 34.5 Å². The molecule has 0 aliphatic rings. The number of carbonyl (C=O) groups is 2. The number of ketones is 1. The molecule has 2 N–H and O–H groups in total. The van der Waals surface area contributed by atoms with Crippen LogP contribution >= 0.6 is 11.3 Å². The molecule has 0 fully saturated rings. The predicted octanol–water partition coefficient (Wildman–Crippen LogP) is 6.11. The van der Waals surface area contributed by atoms with E-state index < -0.39 is 0 Å². The van der Waals surface area contributed by atoms with Gasteiger partial charge in [0.25, 0.3) is 5.91 Å². The molecule has 6 nitrogen and oxygen atoms in total. The first-order chi connectivity index (χ1) is 14.8. The molecule has 3 aromatic rings. The van der Waals surface area contributed by atoms with Crippen LogP contribution in [-0.2, 0) is 0 Å². The van der Waals surface area contributed by atoms with Crippen LogP contribution in [0.15, 0.2) is 24.5 Å². The fourth-order valence-electron chi connectivity index (χ4n) is 2.98. The normalized spacial score (nSPS) is 14.4. The minimum absolute atomic E-state index is 0.00236. The molecule has 0 radical (unpaired) electrons. The summed E-state index contributed by atoms with van der Waals surface area (Å²) in [4.78, 5) is 39.4. The average Bonchev–Trinajstić information content (AvgIpc) is 3.33. The van der Waals surface area contributed by atoms with Gasteiger partial charge in [-0.3, -0.25) is 9.59 Å². The molecule has 32 heavy (non-hydrogen) atoms. The van der Waals surface area contributed by atoms with Crippen molar-refractivity contribution in [1.29, 1.82) is 0 Å². The zero-order valence-corrected chi connectivity index (χ0v) is 21.1. The molecule has 7 heteroatoms. The number of amides is 1. The van der Waals surface area contributed by atoms with E-state index in [9.17, 15) is 9.59 Å². The summed E-state index contributed by atoms with van der Waals surface area (Å²) in [6.07, 6.45) is 3.84.